The highest BCUT2D eigenvalue weighted by Crippen LogP contribution is 2.53. The van der Waals surface area contributed by atoms with Crippen LogP contribution in [-0.2, 0) is 9.47 Å². The predicted molar refractivity (Wildman–Crippen MR) is 145 cm³/mol. The third kappa shape index (κ3) is 5.85. The number of hydrogen-bond donors (Lipinski definition) is 0. The molecule has 0 spiro atoms. The molecular formula is C27H43BrO5Si. The topological polar surface area (TPSA) is 46.2 Å². The number of halogens is 1. The Morgan fingerprint density at radius 1 is 1.15 bits per heavy atom. The molecule has 1 heterocycles. The van der Waals surface area contributed by atoms with E-state index in [0.717, 1.165) is 28.4 Å². The van der Waals surface area contributed by atoms with Gasteiger partial charge in [0, 0.05) is 11.5 Å². The number of ether oxygens (including phenoxy) is 4. The summed E-state index contributed by atoms with van der Waals surface area (Å²) in [5.74, 6) is 3.14. The van der Waals surface area contributed by atoms with E-state index in [9.17, 15) is 0 Å². The quantitative estimate of drug-likeness (QED) is 0.226. The first-order valence-electron chi connectivity index (χ1n) is 12.0. The molecule has 0 aromatic heterocycles. The highest BCUT2D eigenvalue weighted by molar-refractivity contribution is 9.10. The number of allylic oxidation sites excluding steroid dienone is 1. The van der Waals surface area contributed by atoms with Crippen molar-refractivity contribution >= 4 is 24.2 Å². The van der Waals surface area contributed by atoms with E-state index in [-0.39, 0.29) is 17.1 Å². The largest absolute Gasteiger partial charge is 0.541 e. The molecule has 2 rings (SSSR count). The standard InChI is InChI=1S/C27H43BrO5Si/c1-13-16(2)14-15-20-17(3)19(5)31-26(32-20)21-22(28)23(29-9)18(4)24(30-10)25(21)33-34(11,12)27(6,7)8/h13,16-17,20,26H,1,5,14-15H2,2-4,6-12H3/t16-,17-,20-,26+/m1/s1. The van der Waals surface area contributed by atoms with Crippen molar-refractivity contribution < 1.29 is 23.4 Å². The number of benzene rings is 1. The van der Waals surface area contributed by atoms with Crippen molar-refractivity contribution in [3.8, 4) is 17.2 Å². The zero-order chi connectivity index (χ0) is 26.0. The molecule has 0 saturated carbocycles. The highest BCUT2D eigenvalue weighted by atomic mass is 79.9. The van der Waals surface area contributed by atoms with Gasteiger partial charge in [0.2, 0.25) is 6.29 Å². The second kappa shape index (κ2) is 11.1. The van der Waals surface area contributed by atoms with Crippen molar-refractivity contribution in [2.45, 2.75) is 84.9 Å². The Morgan fingerprint density at radius 3 is 2.24 bits per heavy atom. The Hall–Kier alpha value is -1.44. The van der Waals surface area contributed by atoms with E-state index in [1.807, 2.05) is 13.0 Å². The molecule has 5 nitrogen and oxygen atoms in total. The maximum Gasteiger partial charge on any atom is 0.250 e. The van der Waals surface area contributed by atoms with Gasteiger partial charge in [-0.1, -0.05) is 47.3 Å². The molecule has 1 fully saturated rings. The summed E-state index contributed by atoms with van der Waals surface area (Å²) in [5.41, 5.74) is 1.59. The summed E-state index contributed by atoms with van der Waals surface area (Å²) in [6.07, 6.45) is 3.09. The van der Waals surface area contributed by atoms with Crippen LogP contribution in [0, 0.1) is 18.8 Å². The number of hydrogen-bond acceptors (Lipinski definition) is 5. The van der Waals surface area contributed by atoms with Gasteiger partial charge in [-0.05, 0) is 59.7 Å². The summed E-state index contributed by atoms with van der Waals surface area (Å²) in [7, 11) is 1.07. The molecule has 0 radical (unpaired) electrons. The van der Waals surface area contributed by atoms with Gasteiger partial charge in [-0.15, -0.1) is 6.58 Å². The summed E-state index contributed by atoms with van der Waals surface area (Å²) in [5, 5.41) is -0.00859. The van der Waals surface area contributed by atoms with Crippen LogP contribution in [0.25, 0.3) is 0 Å². The van der Waals surface area contributed by atoms with Crippen LogP contribution in [-0.4, -0.2) is 28.6 Å². The van der Waals surface area contributed by atoms with Gasteiger partial charge in [-0.3, -0.25) is 0 Å². The van der Waals surface area contributed by atoms with Crippen LogP contribution >= 0.6 is 15.9 Å². The molecule has 1 saturated heterocycles. The maximum atomic E-state index is 6.87. The van der Waals surface area contributed by atoms with Gasteiger partial charge in [0.05, 0.1) is 36.1 Å². The lowest BCUT2D eigenvalue weighted by molar-refractivity contribution is -0.209. The Morgan fingerprint density at radius 2 is 1.74 bits per heavy atom. The lowest BCUT2D eigenvalue weighted by Gasteiger charge is -2.41. The van der Waals surface area contributed by atoms with E-state index in [1.165, 1.54) is 0 Å². The average Bonchev–Trinajstić information content (AvgIpc) is 2.74. The van der Waals surface area contributed by atoms with Crippen molar-refractivity contribution in [3.05, 3.63) is 40.6 Å². The fourth-order valence-electron chi connectivity index (χ4n) is 3.74. The zero-order valence-corrected chi connectivity index (χ0v) is 25.2. The van der Waals surface area contributed by atoms with Crippen LogP contribution in [0.5, 0.6) is 17.2 Å². The van der Waals surface area contributed by atoms with E-state index in [4.69, 9.17) is 23.4 Å². The van der Waals surface area contributed by atoms with Crippen molar-refractivity contribution in [1.82, 2.24) is 0 Å². The fraction of sp³-hybridized carbons (Fsp3) is 0.630. The third-order valence-corrected chi connectivity index (χ3v) is 12.4. The Labute approximate surface area is 216 Å². The van der Waals surface area contributed by atoms with Crippen molar-refractivity contribution in [2.75, 3.05) is 14.2 Å². The second-order valence-corrected chi connectivity index (χ2v) is 16.3. The van der Waals surface area contributed by atoms with Gasteiger partial charge < -0.3 is 23.4 Å². The highest BCUT2D eigenvalue weighted by Gasteiger charge is 2.43. The van der Waals surface area contributed by atoms with Crippen LogP contribution in [0.2, 0.25) is 18.1 Å². The molecule has 0 amide bonds. The second-order valence-electron chi connectivity index (χ2n) is 10.8. The van der Waals surface area contributed by atoms with Crippen molar-refractivity contribution in [2.24, 2.45) is 11.8 Å². The van der Waals surface area contributed by atoms with E-state index < -0.39 is 14.6 Å². The minimum Gasteiger partial charge on any atom is -0.541 e. The SMILES string of the molecule is C=C[C@@H](C)CC[C@H]1O[C@@H](c2c(Br)c(OC)c(C)c(OC)c2O[Si](C)(C)C(C)(C)C)OC(=C)[C@H]1C. The Balaban J connectivity index is 2.66. The minimum absolute atomic E-state index is 0.00859. The summed E-state index contributed by atoms with van der Waals surface area (Å²) in [6.45, 7) is 25.4. The molecule has 1 aromatic carbocycles. The maximum absolute atomic E-state index is 6.87. The summed E-state index contributed by atoms with van der Waals surface area (Å²) in [6, 6.07) is 0. The molecule has 0 bridgehead atoms. The van der Waals surface area contributed by atoms with Crippen LogP contribution in [0.4, 0.5) is 0 Å². The molecule has 1 aliphatic heterocycles. The van der Waals surface area contributed by atoms with E-state index in [2.05, 4.69) is 76.8 Å². The molecule has 4 atom stereocenters. The Bertz CT molecular complexity index is 906. The van der Waals surface area contributed by atoms with Gasteiger partial charge in [0.25, 0.3) is 8.32 Å². The molecule has 1 aliphatic rings. The van der Waals surface area contributed by atoms with Gasteiger partial charge in [-0.25, -0.2) is 0 Å². The lowest BCUT2D eigenvalue weighted by Crippen LogP contribution is -2.44. The summed E-state index contributed by atoms with van der Waals surface area (Å²) < 4.78 is 32.1. The smallest absolute Gasteiger partial charge is 0.250 e. The Kier molecular flexibility index (Phi) is 9.39. The molecular weight excluding hydrogens is 512 g/mol. The molecule has 192 valence electrons. The molecule has 34 heavy (non-hydrogen) atoms. The van der Waals surface area contributed by atoms with Crippen LogP contribution in [0.3, 0.4) is 0 Å². The first kappa shape index (κ1) is 28.8. The number of methoxy groups -OCH3 is 2. The number of rotatable bonds is 9. The van der Waals surface area contributed by atoms with E-state index in [0.29, 0.717) is 28.9 Å². The molecule has 0 N–H and O–H groups in total. The first-order valence-corrected chi connectivity index (χ1v) is 15.7. The molecule has 1 aromatic rings. The molecule has 0 unspecified atom stereocenters. The zero-order valence-electron chi connectivity index (χ0n) is 22.6. The van der Waals surface area contributed by atoms with Crippen LogP contribution in [0.15, 0.2) is 29.5 Å². The van der Waals surface area contributed by atoms with Gasteiger partial charge in [-0.2, -0.15) is 0 Å². The minimum atomic E-state index is -2.23. The van der Waals surface area contributed by atoms with Crippen molar-refractivity contribution in [1.29, 1.82) is 0 Å². The van der Waals surface area contributed by atoms with Crippen LogP contribution < -0.4 is 13.9 Å². The first-order chi connectivity index (χ1) is 15.7. The van der Waals surface area contributed by atoms with Gasteiger partial charge >= 0.3 is 0 Å². The van der Waals surface area contributed by atoms with Gasteiger partial charge in [0.1, 0.15) is 5.75 Å². The lowest BCUT2D eigenvalue weighted by atomic mass is 9.93. The normalized spacial score (nSPS) is 22.1. The van der Waals surface area contributed by atoms with Gasteiger partial charge in [0.15, 0.2) is 11.5 Å². The average molecular weight is 556 g/mol. The fourth-order valence-corrected chi connectivity index (χ4v) is 5.58. The predicted octanol–water partition coefficient (Wildman–Crippen LogP) is 8.32. The van der Waals surface area contributed by atoms with E-state index in [1.54, 1.807) is 14.2 Å². The monoisotopic (exact) mass is 554 g/mol. The summed E-state index contributed by atoms with van der Waals surface area (Å²) in [4.78, 5) is 0. The molecule has 7 heteroatoms. The third-order valence-electron chi connectivity index (χ3n) is 7.31. The van der Waals surface area contributed by atoms with E-state index >= 15 is 0 Å². The van der Waals surface area contributed by atoms with Crippen molar-refractivity contribution in [3.63, 3.8) is 0 Å². The van der Waals surface area contributed by atoms with Crippen LogP contribution in [0.1, 0.15) is 64.9 Å². The summed E-state index contributed by atoms with van der Waals surface area (Å²) >= 11 is 3.78. The molecule has 0 aliphatic carbocycles.